The quantitative estimate of drug-likeness (QED) is 0.568. The maximum atomic E-state index is 12.9. The molecule has 1 heterocycles. The van der Waals surface area contributed by atoms with E-state index in [0.717, 1.165) is 17.7 Å². The first-order chi connectivity index (χ1) is 12.8. The van der Waals surface area contributed by atoms with Crippen molar-refractivity contribution < 1.29 is 17.6 Å². The van der Waals surface area contributed by atoms with E-state index in [4.69, 9.17) is 5.73 Å². The predicted molar refractivity (Wildman–Crippen MR) is 94.9 cm³/mol. The van der Waals surface area contributed by atoms with Crippen LogP contribution in [0.5, 0.6) is 0 Å². The van der Waals surface area contributed by atoms with Crippen LogP contribution in [-0.4, -0.2) is 9.97 Å². The van der Waals surface area contributed by atoms with Gasteiger partial charge in [0.1, 0.15) is 17.8 Å². The third-order valence-corrected chi connectivity index (χ3v) is 3.73. The predicted octanol–water partition coefficient (Wildman–Crippen LogP) is 4.57. The third kappa shape index (κ3) is 4.63. The van der Waals surface area contributed by atoms with Crippen LogP contribution in [0.15, 0.2) is 54.9 Å². The number of nitrogens with two attached hydrogens (primary N) is 1. The van der Waals surface area contributed by atoms with Crippen molar-refractivity contribution in [1.29, 1.82) is 0 Å². The van der Waals surface area contributed by atoms with Crippen LogP contribution < -0.4 is 16.4 Å². The van der Waals surface area contributed by atoms with Crippen molar-refractivity contribution in [3.05, 3.63) is 71.8 Å². The molecule has 1 aromatic heterocycles. The highest BCUT2D eigenvalue weighted by molar-refractivity contribution is 5.77. The Morgan fingerprint density at radius 2 is 1.52 bits per heavy atom. The fourth-order valence-corrected chi connectivity index (χ4v) is 2.30. The maximum absolute atomic E-state index is 12.9. The van der Waals surface area contributed by atoms with Gasteiger partial charge >= 0.3 is 6.18 Å². The van der Waals surface area contributed by atoms with Gasteiger partial charge in [-0.15, -0.1) is 0 Å². The molecular weight excluding hydrogens is 362 g/mol. The second-order valence-corrected chi connectivity index (χ2v) is 5.66. The Kier molecular flexibility index (Phi) is 5.11. The molecule has 0 radical (unpaired) electrons. The first-order valence-corrected chi connectivity index (χ1v) is 7.86. The number of nitrogens with zero attached hydrogens (tertiary/aromatic N) is 2. The van der Waals surface area contributed by atoms with Gasteiger partial charge in [0.15, 0.2) is 11.6 Å². The van der Waals surface area contributed by atoms with Gasteiger partial charge in [-0.2, -0.15) is 13.2 Å². The van der Waals surface area contributed by atoms with Crippen LogP contribution in [0.1, 0.15) is 11.1 Å². The summed E-state index contributed by atoms with van der Waals surface area (Å²) < 4.78 is 50.8. The first-order valence-electron chi connectivity index (χ1n) is 7.86. The van der Waals surface area contributed by atoms with Crippen molar-refractivity contribution in [2.45, 2.75) is 12.7 Å². The molecule has 2 aromatic carbocycles. The van der Waals surface area contributed by atoms with Crippen molar-refractivity contribution in [3.63, 3.8) is 0 Å². The highest BCUT2D eigenvalue weighted by Gasteiger charge is 2.29. The zero-order chi connectivity index (χ0) is 19.4. The number of nitrogen functional groups attached to an aromatic ring is 1. The fourth-order valence-electron chi connectivity index (χ4n) is 2.30. The summed E-state index contributed by atoms with van der Waals surface area (Å²) in [7, 11) is 0. The molecule has 4 N–H and O–H groups in total. The van der Waals surface area contributed by atoms with Gasteiger partial charge in [-0.05, 0) is 42.0 Å². The number of rotatable bonds is 5. The smallest absolute Gasteiger partial charge is 0.393 e. The minimum atomic E-state index is -4.40. The summed E-state index contributed by atoms with van der Waals surface area (Å²) >= 11 is 0. The maximum Gasteiger partial charge on any atom is 0.416 e. The summed E-state index contributed by atoms with van der Waals surface area (Å²) in [6.07, 6.45) is -3.13. The zero-order valence-electron chi connectivity index (χ0n) is 13.9. The van der Waals surface area contributed by atoms with E-state index in [1.165, 1.54) is 30.6 Å². The highest BCUT2D eigenvalue weighted by atomic mass is 19.4. The van der Waals surface area contributed by atoms with Crippen LogP contribution in [0, 0.1) is 5.82 Å². The number of benzene rings is 2. The van der Waals surface area contributed by atoms with Crippen molar-refractivity contribution in [2.24, 2.45) is 0 Å². The summed E-state index contributed by atoms with van der Waals surface area (Å²) in [5.41, 5.74) is 6.72. The van der Waals surface area contributed by atoms with Gasteiger partial charge in [-0.25, -0.2) is 14.4 Å². The van der Waals surface area contributed by atoms with E-state index in [9.17, 15) is 17.6 Å². The standard InChI is InChI=1S/C18H15F4N5/c19-13-5-1-11(2-6-13)9-24-16-15(23)17(26-10-25-16)27-14-7-3-12(4-8-14)18(20,21)22/h1-8,10H,9,23H2,(H2,24,25,26,27). The monoisotopic (exact) mass is 377 g/mol. The Morgan fingerprint density at radius 3 is 2.15 bits per heavy atom. The van der Waals surface area contributed by atoms with Gasteiger partial charge in [-0.1, -0.05) is 12.1 Å². The van der Waals surface area contributed by atoms with Crippen LogP contribution in [0.4, 0.5) is 40.6 Å². The Labute approximate surface area is 152 Å². The molecule has 0 saturated heterocycles. The van der Waals surface area contributed by atoms with Gasteiger partial charge in [0.25, 0.3) is 0 Å². The van der Waals surface area contributed by atoms with Gasteiger partial charge in [0.05, 0.1) is 5.56 Å². The van der Waals surface area contributed by atoms with Crippen LogP contribution in [-0.2, 0) is 12.7 Å². The van der Waals surface area contributed by atoms with Crippen LogP contribution >= 0.6 is 0 Å². The summed E-state index contributed by atoms with van der Waals surface area (Å²) in [5.74, 6) is 0.276. The van der Waals surface area contributed by atoms with E-state index in [1.54, 1.807) is 12.1 Å². The van der Waals surface area contributed by atoms with Crippen LogP contribution in [0.25, 0.3) is 0 Å². The lowest BCUT2D eigenvalue weighted by atomic mass is 10.2. The largest absolute Gasteiger partial charge is 0.416 e. The number of hydrogen-bond acceptors (Lipinski definition) is 5. The minimum absolute atomic E-state index is 0.208. The van der Waals surface area contributed by atoms with Crippen LogP contribution in [0.3, 0.4) is 0 Å². The minimum Gasteiger partial charge on any atom is -0.393 e. The second kappa shape index (κ2) is 7.48. The lowest BCUT2D eigenvalue weighted by Gasteiger charge is -2.13. The Hall–Kier alpha value is -3.36. The molecule has 3 rings (SSSR count). The molecule has 3 aromatic rings. The number of aromatic nitrogens is 2. The summed E-state index contributed by atoms with van der Waals surface area (Å²) in [6, 6.07) is 10.4. The van der Waals surface area contributed by atoms with Gasteiger partial charge in [-0.3, -0.25) is 0 Å². The molecule has 9 heteroatoms. The van der Waals surface area contributed by atoms with Crippen molar-refractivity contribution in [2.75, 3.05) is 16.4 Å². The normalized spacial score (nSPS) is 11.3. The Bertz CT molecular complexity index is 909. The first kappa shape index (κ1) is 18.4. The van der Waals surface area contributed by atoms with E-state index in [0.29, 0.717) is 18.1 Å². The zero-order valence-corrected chi connectivity index (χ0v) is 13.9. The molecule has 0 spiro atoms. The number of alkyl halides is 3. The molecule has 0 aliphatic rings. The topological polar surface area (TPSA) is 75.9 Å². The van der Waals surface area contributed by atoms with E-state index in [2.05, 4.69) is 20.6 Å². The molecule has 140 valence electrons. The molecular formula is C18H15F4N5. The average molecular weight is 377 g/mol. The average Bonchev–Trinajstić information content (AvgIpc) is 2.63. The molecule has 0 fully saturated rings. The molecule has 27 heavy (non-hydrogen) atoms. The second-order valence-electron chi connectivity index (χ2n) is 5.66. The SMILES string of the molecule is Nc1c(NCc2ccc(F)cc2)ncnc1Nc1ccc(C(F)(F)F)cc1. The number of hydrogen-bond donors (Lipinski definition) is 3. The van der Waals surface area contributed by atoms with Gasteiger partial charge in [0, 0.05) is 12.2 Å². The molecule has 0 amide bonds. The number of nitrogens with one attached hydrogen (secondary N) is 2. The summed E-state index contributed by atoms with van der Waals surface area (Å²) in [5, 5.41) is 5.88. The highest BCUT2D eigenvalue weighted by Crippen LogP contribution is 2.31. The van der Waals surface area contributed by atoms with E-state index >= 15 is 0 Å². The number of anilines is 4. The molecule has 0 aliphatic heterocycles. The lowest BCUT2D eigenvalue weighted by Crippen LogP contribution is -2.08. The lowest BCUT2D eigenvalue weighted by molar-refractivity contribution is -0.137. The molecule has 0 aliphatic carbocycles. The Balaban J connectivity index is 1.71. The molecule has 0 atom stereocenters. The number of halogens is 4. The van der Waals surface area contributed by atoms with E-state index in [1.807, 2.05) is 0 Å². The molecule has 0 unspecified atom stereocenters. The summed E-state index contributed by atoms with van der Waals surface area (Å²) in [4.78, 5) is 8.06. The molecule has 5 nitrogen and oxygen atoms in total. The van der Waals surface area contributed by atoms with Crippen molar-refractivity contribution in [3.8, 4) is 0 Å². The Morgan fingerprint density at radius 1 is 0.889 bits per heavy atom. The van der Waals surface area contributed by atoms with Gasteiger partial charge < -0.3 is 16.4 Å². The van der Waals surface area contributed by atoms with E-state index < -0.39 is 11.7 Å². The molecule has 0 saturated carbocycles. The van der Waals surface area contributed by atoms with E-state index in [-0.39, 0.29) is 17.3 Å². The van der Waals surface area contributed by atoms with Crippen LogP contribution in [0.2, 0.25) is 0 Å². The fraction of sp³-hybridized carbons (Fsp3) is 0.111. The van der Waals surface area contributed by atoms with Crippen molar-refractivity contribution in [1.82, 2.24) is 9.97 Å². The van der Waals surface area contributed by atoms with Crippen molar-refractivity contribution >= 4 is 23.0 Å². The van der Waals surface area contributed by atoms with Gasteiger partial charge in [0.2, 0.25) is 0 Å². The summed E-state index contributed by atoms with van der Waals surface area (Å²) in [6.45, 7) is 0.362. The molecule has 0 bridgehead atoms. The third-order valence-electron chi connectivity index (χ3n) is 3.73.